The van der Waals surface area contributed by atoms with Crippen molar-refractivity contribution in [2.45, 2.75) is 33.4 Å². The van der Waals surface area contributed by atoms with Crippen molar-refractivity contribution in [1.82, 2.24) is 15.2 Å². The molecule has 1 aliphatic heterocycles. The third kappa shape index (κ3) is 3.25. The molecule has 1 amide bonds. The number of nitrogens with one attached hydrogen (secondary N) is 2. The van der Waals surface area contributed by atoms with Crippen LogP contribution in [0.25, 0.3) is 10.9 Å². The number of aromatic nitrogens is 1. The van der Waals surface area contributed by atoms with E-state index in [2.05, 4.69) is 53.3 Å². The molecular weight excluding hydrogens is 322 g/mol. The van der Waals surface area contributed by atoms with E-state index in [1.165, 1.54) is 16.7 Å². The van der Waals surface area contributed by atoms with Crippen LogP contribution in [0, 0.1) is 13.8 Å². The largest absolute Gasteiger partial charge is 0.358 e. The number of hydrogen-bond acceptors (Lipinski definition) is 2. The monoisotopic (exact) mass is 347 g/mol. The van der Waals surface area contributed by atoms with E-state index < -0.39 is 0 Å². The van der Waals surface area contributed by atoms with E-state index in [0.717, 1.165) is 48.2 Å². The van der Waals surface area contributed by atoms with Crippen molar-refractivity contribution in [2.24, 2.45) is 0 Å². The lowest BCUT2D eigenvalue weighted by Gasteiger charge is -2.14. The lowest BCUT2D eigenvalue weighted by Crippen LogP contribution is -2.27. The third-order valence-electron chi connectivity index (χ3n) is 5.41. The zero-order valence-corrected chi connectivity index (χ0v) is 15.4. The number of aromatic amines is 1. The average molecular weight is 347 g/mol. The second-order valence-electron chi connectivity index (χ2n) is 7.22. The molecule has 0 atom stereocenters. The van der Waals surface area contributed by atoms with Gasteiger partial charge in [-0.2, -0.15) is 0 Å². The fraction of sp³-hybridized carbons (Fsp3) is 0.318. The molecule has 0 spiro atoms. The molecule has 1 aliphatic rings. The summed E-state index contributed by atoms with van der Waals surface area (Å²) >= 11 is 0. The summed E-state index contributed by atoms with van der Waals surface area (Å²) in [4.78, 5) is 18.2. The lowest BCUT2D eigenvalue weighted by atomic mass is 10.1. The summed E-state index contributed by atoms with van der Waals surface area (Å²) in [6, 6.07) is 14.5. The van der Waals surface area contributed by atoms with Crippen LogP contribution in [0.1, 0.15) is 39.2 Å². The fourth-order valence-corrected chi connectivity index (χ4v) is 3.77. The number of hydrogen-bond donors (Lipinski definition) is 2. The van der Waals surface area contributed by atoms with Gasteiger partial charge in [-0.1, -0.05) is 24.3 Å². The van der Waals surface area contributed by atoms with Gasteiger partial charge >= 0.3 is 0 Å². The molecule has 0 unspecified atom stereocenters. The number of amides is 1. The summed E-state index contributed by atoms with van der Waals surface area (Å²) < 4.78 is 0. The number of aryl methyl sites for hydroxylation is 2. The molecule has 134 valence electrons. The van der Waals surface area contributed by atoms with Crippen molar-refractivity contribution >= 4 is 16.8 Å². The Morgan fingerprint density at radius 1 is 1.12 bits per heavy atom. The van der Waals surface area contributed by atoms with Gasteiger partial charge in [0.05, 0.1) is 0 Å². The first-order valence-corrected chi connectivity index (χ1v) is 9.28. The van der Waals surface area contributed by atoms with Gasteiger partial charge in [0.1, 0.15) is 0 Å². The molecule has 0 saturated carbocycles. The van der Waals surface area contributed by atoms with Crippen LogP contribution >= 0.6 is 0 Å². The zero-order chi connectivity index (χ0) is 18.1. The molecule has 4 nitrogen and oxygen atoms in total. The van der Waals surface area contributed by atoms with Crippen molar-refractivity contribution in [1.29, 1.82) is 0 Å². The molecule has 2 aromatic carbocycles. The summed E-state index contributed by atoms with van der Waals surface area (Å²) in [5.41, 5.74) is 7.05. The van der Waals surface area contributed by atoms with E-state index in [1.54, 1.807) is 0 Å². The summed E-state index contributed by atoms with van der Waals surface area (Å²) in [7, 11) is 0. The predicted octanol–water partition coefficient (Wildman–Crippen LogP) is 3.92. The Kier molecular flexibility index (Phi) is 4.51. The van der Waals surface area contributed by atoms with E-state index >= 15 is 0 Å². The normalized spacial score (nSPS) is 13.9. The highest BCUT2D eigenvalue weighted by atomic mass is 16.1. The van der Waals surface area contributed by atoms with Gasteiger partial charge in [-0.15, -0.1) is 0 Å². The Hall–Kier alpha value is -2.59. The quantitative estimate of drug-likeness (QED) is 0.687. The number of H-pyrrole nitrogens is 1. The molecule has 1 aromatic heterocycles. The van der Waals surface area contributed by atoms with Gasteiger partial charge in [0.15, 0.2) is 0 Å². The first-order valence-electron chi connectivity index (χ1n) is 9.28. The average Bonchev–Trinajstić information content (AvgIpc) is 3.19. The summed E-state index contributed by atoms with van der Waals surface area (Å²) in [6.07, 6.45) is 0.963. The topological polar surface area (TPSA) is 48.1 Å². The number of carbonyl (C=O) groups excluding carboxylic acids is 1. The lowest BCUT2D eigenvalue weighted by molar-refractivity contribution is 0.0951. The summed E-state index contributed by atoms with van der Waals surface area (Å²) in [6.45, 7) is 7.90. The molecule has 2 N–H and O–H groups in total. The molecule has 3 aromatic rings. The number of fused-ring (bicyclic) bond motifs is 2. The van der Waals surface area contributed by atoms with Crippen molar-refractivity contribution in [3.05, 3.63) is 70.4 Å². The van der Waals surface area contributed by atoms with Crippen LogP contribution in [-0.2, 0) is 13.1 Å². The third-order valence-corrected chi connectivity index (χ3v) is 5.41. The number of carbonyl (C=O) groups is 1. The minimum atomic E-state index is 0.00913. The van der Waals surface area contributed by atoms with Crippen LogP contribution in [0.5, 0.6) is 0 Å². The molecule has 26 heavy (non-hydrogen) atoms. The van der Waals surface area contributed by atoms with Crippen molar-refractivity contribution < 1.29 is 4.79 Å². The molecular formula is C22H25N3O. The first kappa shape index (κ1) is 16.9. The Balaban J connectivity index is 1.29. The maximum atomic E-state index is 12.4. The highest BCUT2D eigenvalue weighted by Gasteiger charge is 2.17. The summed E-state index contributed by atoms with van der Waals surface area (Å²) in [5, 5.41) is 4.19. The highest BCUT2D eigenvalue weighted by molar-refractivity contribution is 5.99. The molecule has 2 heterocycles. The van der Waals surface area contributed by atoms with Crippen LogP contribution < -0.4 is 5.32 Å². The maximum absolute atomic E-state index is 12.4. The van der Waals surface area contributed by atoms with Gasteiger partial charge in [-0.05, 0) is 55.2 Å². The van der Waals surface area contributed by atoms with E-state index in [1.807, 2.05) is 18.2 Å². The SMILES string of the molecule is Cc1[nH]c2ccc(C(=O)NCCCN3Cc4ccccc4C3)cc2c1C. The van der Waals surface area contributed by atoms with Crippen LogP contribution in [0.2, 0.25) is 0 Å². The number of benzene rings is 2. The molecule has 0 fully saturated rings. The van der Waals surface area contributed by atoms with Gasteiger partial charge in [-0.3, -0.25) is 9.69 Å². The van der Waals surface area contributed by atoms with Gasteiger partial charge in [-0.25, -0.2) is 0 Å². The molecule has 0 saturated heterocycles. The second kappa shape index (κ2) is 6.96. The van der Waals surface area contributed by atoms with Crippen LogP contribution in [0.15, 0.2) is 42.5 Å². The van der Waals surface area contributed by atoms with E-state index in [4.69, 9.17) is 0 Å². The van der Waals surface area contributed by atoms with Gasteiger partial charge in [0.2, 0.25) is 0 Å². The molecule has 4 heteroatoms. The second-order valence-corrected chi connectivity index (χ2v) is 7.22. The van der Waals surface area contributed by atoms with Gasteiger partial charge in [0.25, 0.3) is 5.91 Å². The molecule has 0 radical (unpaired) electrons. The molecule has 0 aliphatic carbocycles. The Bertz CT molecular complexity index is 932. The standard InChI is InChI=1S/C22H25N3O/c1-15-16(2)24-21-9-8-17(12-20(15)21)22(26)23-10-5-11-25-13-18-6-3-4-7-19(18)14-25/h3-4,6-9,12,24H,5,10-11,13-14H2,1-2H3,(H,23,26). The van der Waals surface area contributed by atoms with Crippen LogP contribution in [-0.4, -0.2) is 28.9 Å². The minimum Gasteiger partial charge on any atom is -0.358 e. The van der Waals surface area contributed by atoms with Gasteiger partial charge in [0, 0.05) is 48.3 Å². The fourth-order valence-electron chi connectivity index (χ4n) is 3.77. The Labute approximate surface area is 154 Å². The van der Waals surface area contributed by atoms with Crippen LogP contribution in [0.3, 0.4) is 0 Å². The Morgan fingerprint density at radius 2 is 1.85 bits per heavy atom. The predicted molar refractivity (Wildman–Crippen MR) is 105 cm³/mol. The maximum Gasteiger partial charge on any atom is 0.251 e. The van der Waals surface area contributed by atoms with Gasteiger partial charge < -0.3 is 10.3 Å². The Morgan fingerprint density at radius 3 is 2.58 bits per heavy atom. The number of nitrogens with zero attached hydrogens (tertiary/aromatic N) is 1. The van der Waals surface area contributed by atoms with Crippen molar-refractivity contribution in [3.8, 4) is 0 Å². The highest BCUT2D eigenvalue weighted by Crippen LogP contribution is 2.23. The van der Waals surface area contributed by atoms with E-state index in [0.29, 0.717) is 6.54 Å². The van der Waals surface area contributed by atoms with Crippen LogP contribution in [0.4, 0.5) is 0 Å². The van der Waals surface area contributed by atoms with E-state index in [-0.39, 0.29) is 5.91 Å². The zero-order valence-electron chi connectivity index (χ0n) is 15.4. The van der Waals surface area contributed by atoms with E-state index in [9.17, 15) is 4.79 Å². The smallest absolute Gasteiger partial charge is 0.251 e. The van der Waals surface area contributed by atoms with Crippen molar-refractivity contribution in [2.75, 3.05) is 13.1 Å². The van der Waals surface area contributed by atoms with Crippen molar-refractivity contribution in [3.63, 3.8) is 0 Å². The minimum absolute atomic E-state index is 0.00913. The first-order chi connectivity index (χ1) is 12.6. The summed E-state index contributed by atoms with van der Waals surface area (Å²) in [5.74, 6) is 0.00913. The number of rotatable bonds is 5. The molecule has 4 rings (SSSR count). The molecule has 0 bridgehead atoms.